The SMILES string of the molecule is CCCCCCCCC/C=C/[P]/C=C/CCCCCCCCC. The maximum atomic E-state index is 2.37. The Kier molecular flexibility index (Phi) is 21.8. The van der Waals surface area contributed by atoms with Crippen LogP contribution in [0.4, 0.5) is 0 Å². The first kappa shape index (κ1) is 22.9. The van der Waals surface area contributed by atoms with Crippen LogP contribution < -0.4 is 0 Å². The predicted octanol–water partition coefficient (Wildman–Crippen LogP) is 9.24. The molecule has 0 aromatic heterocycles. The molecule has 0 aliphatic rings. The van der Waals surface area contributed by atoms with Gasteiger partial charge in [0.25, 0.3) is 0 Å². The van der Waals surface area contributed by atoms with Gasteiger partial charge in [-0.15, -0.1) is 0 Å². The van der Waals surface area contributed by atoms with Crippen molar-refractivity contribution in [1.82, 2.24) is 0 Å². The third kappa shape index (κ3) is 21.9. The molecule has 0 spiro atoms. The van der Waals surface area contributed by atoms with Crippen molar-refractivity contribution in [3.8, 4) is 0 Å². The molecule has 0 fully saturated rings. The second-order valence-corrected chi connectivity index (χ2v) is 7.63. The minimum atomic E-state index is 1.27. The average Bonchev–Trinajstić information content (AvgIpc) is 2.57. The van der Waals surface area contributed by atoms with Gasteiger partial charge in [0.05, 0.1) is 0 Å². The fourth-order valence-electron chi connectivity index (χ4n) is 2.76. The van der Waals surface area contributed by atoms with Gasteiger partial charge in [-0.2, -0.15) is 0 Å². The van der Waals surface area contributed by atoms with Crippen LogP contribution in [0.5, 0.6) is 0 Å². The van der Waals surface area contributed by atoms with Crippen LogP contribution in [0.2, 0.25) is 0 Å². The lowest BCUT2D eigenvalue weighted by Crippen LogP contribution is -1.78. The zero-order valence-electron chi connectivity index (χ0n) is 16.1. The Hall–Kier alpha value is -0.0900. The summed E-state index contributed by atoms with van der Waals surface area (Å²) in [6, 6.07) is 0. The highest BCUT2D eigenvalue weighted by Gasteiger charge is 1.90. The van der Waals surface area contributed by atoms with Gasteiger partial charge in [0.2, 0.25) is 0 Å². The molecule has 0 aromatic carbocycles. The molecule has 23 heavy (non-hydrogen) atoms. The van der Waals surface area contributed by atoms with Gasteiger partial charge in [-0.05, 0) is 34.3 Å². The fourth-order valence-corrected chi connectivity index (χ4v) is 3.40. The predicted molar refractivity (Wildman–Crippen MR) is 110 cm³/mol. The van der Waals surface area contributed by atoms with Gasteiger partial charge in [-0.1, -0.05) is 115 Å². The van der Waals surface area contributed by atoms with Gasteiger partial charge in [-0.25, -0.2) is 0 Å². The summed E-state index contributed by atoms with van der Waals surface area (Å²) < 4.78 is 0. The minimum absolute atomic E-state index is 1.27. The Morgan fingerprint density at radius 1 is 0.478 bits per heavy atom. The Morgan fingerprint density at radius 2 is 0.826 bits per heavy atom. The highest BCUT2D eigenvalue weighted by atomic mass is 31.1. The van der Waals surface area contributed by atoms with Gasteiger partial charge < -0.3 is 0 Å². The molecule has 0 N–H and O–H groups in total. The van der Waals surface area contributed by atoms with E-state index in [4.69, 9.17) is 0 Å². The molecule has 0 unspecified atom stereocenters. The lowest BCUT2D eigenvalue weighted by molar-refractivity contribution is 0.592. The molecule has 0 atom stereocenters. The number of rotatable bonds is 18. The van der Waals surface area contributed by atoms with E-state index in [1.165, 1.54) is 111 Å². The first-order chi connectivity index (χ1) is 11.4. The molecule has 1 radical (unpaired) electrons. The Labute approximate surface area is 149 Å². The fraction of sp³-hybridized carbons (Fsp3) is 0.818. The zero-order valence-corrected chi connectivity index (χ0v) is 17.0. The smallest absolute Gasteiger partial charge is 0.0267 e. The molecule has 0 nitrogen and oxygen atoms in total. The van der Waals surface area contributed by atoms with Crippen LogP contribution in [0.3, 0.4) is 0 Å². The Balaban J connectivity index is 3.14. The largest absolute Gasteiger partial charge is 0.0834 e. The van der Waals surface area contributed by atoms with Crippen LogP contribution in [0.15, 0.2) is 23.8 Å². The third-order valence-electron chi connectivity index (χ3n) is 4.33. The van der Waals surface area contributed by atoms with Crippen molar-refractivity contribution in [1.29, 1.82) is 0 Å². The van der Waals surface area contributed by atoms with E-state index in [2.05, 4.69) is 37.6 Å². The first-order valence-electron chi connectivity index (χ1n) is 10.4. The number of hydrogen-bond donors (Lipinski definition) is 0. The molecule has 0 bridgehead atoms. The Bertz CT molecular complexity index is 229. The summed E-state index contributed by atoms with van der Waals surface area (Å²) >= 11 is 0. The topological polar surface area (TPSA) is 0 Å². The first-order valence-corrected chi connectivity index (χ1v) is 11.4. The lowest BCUT2D eigenvalue weighted by atomic mass is 10.1. The molecule has 135 valence electrons. The highest BCUT2D eigenvalue weighted by Crippen LogP contribution is 2.16. The number of allylic oxidation sites excluding steroid dienone is 2. The van der Waals surface area contributed by atoms with Crippen molar-refractivity contribution in [2.75, 3.05) is 0 Å². The number of hydrogen-bond acceptors (Lipinski definition) is 0. The van der Waals surface area contributed by atoms with Crippen LogP contribution in [0, 0.1) is 0 Å². The van der Waals surface area contributed by atoms with E-state index in [-0.39, 0.29) is 0 Å². The highest BCUT2D eigenvalue weighted by molar-refractivity contribution is 7.45. The van der Waals surface area contributed by atoms with E-state index >= 15 is 0 Å². The molecular formula is C22H42P. The standard InChI is InChI=1S/C22H42P/c1-3-5-7-9-11-13-15-17-19-21-23-22-20-18-16-14-12-10-8-6-4-2/h19-22H,3-18H2,1-2H3/b21-19+,22-20+. The number of unbranched alkanes of at least 4 members (excludes halogenated alkanes) is 14. The molecule has 0 heterocycles. The van der Waals surface area contributed by atoms with Crippen LogP contribution in [0.25, 0.3) is 0 Å². The molecule has 0 aliphatic heterocycles. The van der Waals surface area contributed by atoms with E-state index in [0.29, 0.717) is 0 Å². The van der Waals surface area contributed by atoms with Crippen molar-refractivity contribution < 1.29 is 0 Å². The quantitative estimate of drug-likeness (QED) is 0.173. The second-order valence-electron chi connectivity index (χ2n) is 6.74. The van der Waals surface area contributed by atoms with Gasteiger partial charge in [0, 0.05) is 0 Å². The summed E-state index contributed by atoms with van der Waals surface area (Å²) in [5.74, 6) is 4.64. The molecule has 0 saturated carbocycles. The van der Waals surface area contributed by atoms with Crippen LogP contribution in [-0.2, 0) is 0 Å². The summed E-state index contributed by atoms with van der Waals surface area (Å²) in [7, 11) is 1.37. The molecule has 1 heteroatoms. The lowest BCUT2D eigenvalue weighted by Gasteiger charge is -1.99. The van der Waals surface area contributed by atoms with Gasteiger partial charge in [0.1, 0.15) is 0 Å². The summed E-state index contributed by atoms with van der Waals surface area (Å²) in [5, 5.41) is 0. The summed E-state index contributed by atoms with van der Waals surface area (Å²) in [4.78, 5) is 0. The maximum Gasteiger partial charge on any atom is -0.0267 e. The zero-order chi connectivity index (χ0) is 16.8. The van der Waals surface area contributed by atoms with Crippen molar-refractivity contribution in [3.05, 3.63) is 23.8 Å². The summed E-state index contributed by atoms with van der Waals surface area (Å²) in [6.45, 7) is 4.57. The molecular weight excluding hydrogens is 295 g/mol. The average molecular weight is 338 g/mol. The van der Waals surface area contributed by atoms with Crippen molar-refractivity contribution in [2.24, 2.45) is 0 Å². The molecule has 0 rings (SSSR count). The van der Waals surface area contributed by atoms with Gasteiger partial charge >= 0.3 is 0 Å². The van der Waals surface area contributed by atoms with E-state index < -0.39 is 0 Å². The van der Waals surface area contributed by atoms with Crippen LogP contribution in [-0.4, -0.2) is 0 Å². The normalized spacial score (nSPS) is 11.9. The van der Waals surface area contributed by atoms with Crippen LogP contribution >= 0.6 is 8.58 Å². The molecule has 0 saturated heterocycles. The Morgan fingerprint density at radius 3 is 1.22 bits per heavy atom. The summed E-state index contributed by atoms with van der Waals surface area (Å²) in [5.41, 5.74) is 0. The van der Waals surface area contributed by atoms with Gasteiger partial charge in [-0.3, -0.25) is 0 Å². The maximum absolute atomic E-state index is 2.37. The molecule has 0 amide bonds. The molecule has 0 aliphatic carbocycles. The van der Waals surface area contributed by atoms with Gasteiger partial charge in [0.15, 0.2) is 0 Å². The third-order valence-corrected chi connectivity index (χ3v) is 5.10. The summed E-state index contributed by atoms with van der Waals surface area (Å²) in [6.07, 6.45) is 27.0. The van der Waals surface area contributed by atoms with E-state index in [0.717, 1.165) is 0 Å². The minimum Gasteiger partial charge on any atom is -0.0834 e. The van der Waals surface area contributed by atoms with Crippen molar-refractivity contribution in [3.63, 3.8) is 0 Å². The molecule has 0 aromatic rings. The van der Waals surface area contributed by atoms with Crippen molar-refractivity contribution >= 4 is 8.58 Å². The van der Waals surface area contributed by atoms with E-state index in [1.54, 1.807) is 0 Å². The van der Waals surface area contributed by atoms with E-state index in [9.17, 15) is 0 Å². The van der Waals surface area contributed by atoms with Crippen LogP contribution in [0.1, 0.15) is 117 Å². The monoisotopic (exact) mass is 337 g/mol. The van der Waals surface area contributed by atoms with Crippen molar-refractivity contribution in [2.45, 2.75) is 117 Å². The van der Waals surface area contributed by atoms with E-state index in [1.807, 2.05) is 0 Å². The second kappa shape index (κ2) is 21.9.